The molecule has 3 rings (SSSR count). The van der Waals surface area contributed by atoms with Gasteiger partial charge >= 0.3 is 0 Å². The van der Waals surface area contributed by atoms with Crippen LogP contribution < -0.4 is 9.54 Å². The molecule has 1 aromatic heterocycles. The molecular formula is C21H23FN2O4S3. The van der Waals surface area contributed by atoms with Gasteiger partial charge in [-0.2, -0.15) is 16.8 Å². The van der Waals surface area contributed by atoms with Gasteiger partial charge in [0.15, 0.2) is 14.6 Å². The molecule has 0 N–H and O–H groups in total. The van der Waals surface area contributed by atoms with Crippen LogP contribution in [0.25, 0.3) is 10.2 Å². The normalized spacial score (nSPS) is 12.4. The molecule has 0 fully saturated rings. The second-order valence-electron chi connectivity index (χ2n) is 6.62. The summed E-state index contributed by atoms with van der Waals surface area (Å²) in [6.07, 6.45) is 1.76. The predicted molar refractivity (Wildman–Crippen MR) is 123 cm³/mol. The standard InChI is InChI=1S/C21H23FN2O4S3/c1-3-28-16-6-9-18-19(14-16)30-21(24(18)11-12-29-2)23-20(25)10-13-31(26,27)17-7-4-15(22)5-8-17/h4-9,14H,3,10-13H2,1-2H3. The number of carbonyl (C=O) groups is 1. The molecule has 0 unspecified atom stereocenters. The Kier molecular flexibility index (Phi) is 7.90. The van der Waals surface area contributed by atoms with E-state index in [0.717, 1.165) is 33.9 Å². The van der Waals surface area contributed by atoms with Gasteiger partial charge in [-0.1, -0.05) is 11.3 Å². The summed E-state index contributed by atoms with van der Waals surface area (Å²) in [5.74, 6) is 0.179. The monoisotopic (exact) mass is 482 g/mol. The molecule has 1 amide bonds. The van der Waals surface area contributed by atoms with Crippen LogP contribution in [0.2, 0.25) is 0 Å². The van der Waals surface area contributed by atoms with Crippen molar-refractivity contribution < 1.29 is 22.3 Å². The summed E-state index contributed by atoms with van der Waals surface area (Å²) < 4.78 is 46.3. The number of nitrogens with zero attached hydrogens (tertiary/aromatic N) is 2. The van der Waals surface area contributed by atoms with Crippen molar-refractivity contribution in [2.24, 2.45) is 4.99 Å². The summed E-state index contributed by atoms with van der Waals surface area (Å²) >= 11 is 3.06. The molecule has 0 atom stereocenters. The first-order valence-corrected chi connectivity index (χ1v) is 13.5. The Labute approximate surface area is 188 Å². The molecule has 2 aromatic carbocycles. The SMILES string of the molecule is CCOc1ccc2c(c1)sc(=NC(=O)CCS(=O)(=O)c1ccc(F)cc1)n2CCSC. The lowest BCUT2D eigenvalue weighted by Crippen LogP contribution is -2.19. The molecule has 0 saturated heterocycles. The number of thioether (sulfide) groups is 1. The van der Waals surface area contributed by atoms with Crippen molar-refractivity contribution in [3.8, 4) is 5.75 Å². The lowest BCUT2D eigenvalue weighted by molar-refractivity contribution is -0.117. The molecule has 0 saturated carbocycles. The number of benzene rings is 2. The van der Waals surface area contributed by atoms with Gasteiger partial charge in [-0.25, -0.2) is 12.8 Å². The average Bonchev–Trinajstić information content (AvgIpc) is 3.07. The van der Waals surface area contributed by atoms with Crippen molar-refractivity contribution in [3.05, 3.63) is 53.1 Å². The zero-order chi connectivity index (χ0) is 22.4. The summed E-state index contributed by atoms with van der Waals surface area (Å²) in [6, 6.07) is 10.3. The molecule has 10 heteroatoms. The Hall–Kier alpha value is -2.17. The zero-order valence-electron chi connectivity index (χ0n) is 17.2. The number of fused-ring (bicyclic) bond motifs is 1. The number of aromatic nitrogens is 1. The summed E-state index contributed by atoms with van der Waals surface area (Å²) in [4.78, 5) is 17.2. The maximum absolute atomic E-state index is 13.0. The first-order valence-electron chi connectivity index (χ1n) is 9.65. The number of rotatable bonds is 9. The fraction of sp³-hybridized carbons (Fsp3) is 0.333. The van der Waals surface area contributed by atoms with Crippen LogP contribution in [-0.4, -0.2) is 43.3 Å². The van der Waals surface area contributed by atoms with Crippen LogP contribution in [0.3, 0.4) is 0 Å². The Balaban J connectivity index is 1.85. The molecule has 1 heterocycles. The number of carbonyl (C=O) groups excluding carboxylic acids is 1. The minimum atomic E-state index is -3.70. The third-order valence-electron chi connectivity index (χ3n) is 4.46. The van der Waals surface area contributed by atoms with Crippen LogP contribution in [0.15, 0.2) is 52.4 Å². The summed E-state index contributed by atoms with van der Waals surface area (Å²) in [5.41, 5.74) is 0.952. The van der Waals surface area contributed by atoms with Gasteiger partial charge in [-0.15, -0.1) is 0 Å². The van der Waals surface area contributed by atoms with Crippen molar-refractivity contribution in [2.75, 3.05) is 24.4 Å². The fourth-order valence-corrected chi connectivity index (χ4v) is 5.63. The summed E-state index contributed by atoms with van der Waals surface area (Å²) in [5, 5.41) is 0. The van der Waals surface area contributed by atoms with E-state index in [1.165, 1.54) is 23.5 Å². The van der Waals surface area contributed by atoms with Crippen LogP contribution in [0.4, 0.5) is 4.39 Å². The predicted octanol–water partition coefficient (Wildman–Crippen LogP) is 3.89. The van der Waals surface area contributed by atoms with Gasteiger partial charge in [0, 0.05) is 18.7 Å². The van der Waals surface area contributed by atoms with Crippen molar-refractivity contribution in [2.45, 2.75) is 24.8 Å². The molecule has 31 heavy (non-hydrogen) atoms. The molecule has 3 aromatic rings. The average molecular weight is 483 g/mol. The Morgan fingerprint density at radius 3 is 2.65 bits per heavy atom. The van der Waals surface area contributed by atoms with Crippen molar-refractivity contribution in [1.29, 1.82) is 0 Å². The highest BCUT2D eigenvalue weighted by atomic mass is 32.2. The van der Waals surface area contributed by atoms with E-state index in [0.29, 0.717) is 18.0 Å². The van der Waals surface area contributed by atoms with Gasteiger partial charge in [0.05, 0.1) is 27.5 Å². The molecular weight excluding hydrogens is 459 g/mol. The summed E-state index contributed by atoms with van der Waals surface area (Å²) in [7, 11) is -3.70. The number of aryl methyl sites for hydroxylation is 1. The lowest BCUT2D eigenvalue weighted by Gasteiger charge is -2.05. The minimum Gasteiger partial charge on any atom is -0.494 e. The first kappa shape index (κ1) is 23.5. The maximum atomic E-state index is 13.0. The molecule has 166 valence electrons. The molecule has 0 radical (unpaired) electrons. The van der Waals surface area contributed by atoms with E-state index in [2.05, 4.69) is 4.99 Å². The van der Waals surface area contributed by atoms with Crippen molar-refractivity contribution in [3.63, 3.8) is 0 Å². The number of sulfone groups is 1. The summed E-state index contributed by atoms with van der Waals surface area (Å²) in [6.45, 7) is 3.15. The highest BCUT2D eigenvalue weighted by molar-refractivity contribution is 7.98. The smallest absolute Gasteiger partial charge is 0.249 e. The Morgan fingerprint density at radius 1 is 1.23 bits per heavy atom. The number of hydrogen-bond acceptors (Lipinski definition) is 6. The van der Waals surface area contributed by atoms with E-state index >= 15 is 0 Å². The third-order valence-corrected chi connectivity index (χ3v) is 7.83. The second kappa shape index (κ2) is 10.4. The molecule has 6 nitrogen and oxygen atoms in total. The Bertz CT molecular complexity index is 1230. The van der Waals surface area contributed by atoms with Gasteiger partial charge in [0.2, 0.25) is 5.91 Å². The number of ether oxygens (including phenoxy) is 1. The fourth-order valence-electron chi connectivity index (χ4n) is 2.94. The molecule has 0 aliphatic rings. The van der Waals surface area contributed by atoms with Crippen LogP contribution in [0.1, 0.15) is 13.3 Å². The zero-order valence-corrected chi connectivity index (χ0v) is 19.7. The van der Waals surface area contributed by atoms with Gasteiger partial charge in [0.25, 0.3) is 0 Å². The number of thiazole rings is 1. The van der Waals surface area contributed by atoms with E-state index in [-0.39, 0.29) is 17.1 Å². The lowest BCUT2D eigenvalue weighted by atomic mass is 10.3. The highest BCUT2D eigenvalue weighted by Crippen LogP contribution is 2.24. The van der Waals surface area contributed by atoms with Gasteiger partial charge in [0.1, 0.15) is 11.6 Å². The topological polar surface area (TPSA) is 77.7 Å². The third kappa shape index (κ3) is 5.96. The first-order chi connectivity index (χ1) is 14.8. The number of hydrogen-bond donors (Lipinski definition) is 0. The van der Waals surface area contributed by atoms with E-state index in [1.54, 1.807) is 11.8 Å². The van der Waals surface area contributed by atoms with Gasteiger partial charge < -0.3 is 9.30 Å². The van der Waals surface area contributed by atoms with Crippen molar-refractivity contribution >= 4 is 49.1 Å². The number of halogens is 1. The minimum absolute atomic E-state index is 0.0120. The van der Waals surface area contributed by atoms with E-state index in [1.807, 2.05) is 35.9 Å². The van der Waals surface area contributed by atoms with Crippen LogP contribution in [-0.2, 0) is 21.2 Å². The maximum Gasteiger partial charge on any atom is 0.249 e. The second-order valence-corrected chi connectivity index (χ2v) is 10.7. The molecule has 0 spiro atoms. The van der Waals surface area contributed by atoms with Crippen LogP contribution in [0, 0.1) is 5.82 Å². The van der Waals surface area contributed by atoms with Gasteiger partial charge in [-0.3, -0.25) is 4.79 Å². The molecule has 0 aliphatic heterocycles. The van der Waals surface area contributed by atoms with E-state index < -0.39 is 21.6 Å². The molecule has 0 aliphatic carbocycles. The van der Waals surface area contributed by atoms with Crippen LogP contribution in [0.5, 0.6) is 5.75 Å². The highest BCUT2D eigenvalue weighted by Gasteiger charge is 2.17. The quantitative estimate of drug-likeness (QED) is 0.433. The van der Waals surface area contributed by atoms with E-state index in [4.69, 9.17) is 4.74 Å². The van der Waals surface area contributed by atoms with Crippen LogP contribution >= 0.6 is 23.1 Å². The number of amides is 1. The van der Waals surface area contributed by atoms with Gasteiger partial charge in [-0.05, 0) is 55.6 Å². The Morgan fingerprint density at radius 2 is 1.97 bits per heavy atom. The molecule has 0 bridgehead atoms. The van der Waals surface area contributed by atoms with Crippen molar-refractivity contribution in [1.82, 2.24) is 4.57 Å². The largest absolute Gasteiger partial charge is 0.494 e. The van der Waals surface area contributed by atoms with E-state index in [9.17, 15) is 17.6 Å².